The molecule has 1 heterocycles. The Balaban J connectivity index is 2.35. The molecule has 0 radical (unpaired) electrons. The van der Waals surface area contributed by atoms with E-state index in [1.54, 1.807) is 12.4 Å². The van der Waals surface area contributed by atoms with Gasteiger partial charge in [-0.25, -0.2) is 4.79 Å². The molecule has 0 atom stereocenters. The Hall–Kier alpha value is -1.75. The van der Waals surface area contributed by atoms with E-state index in [1.807, 2.05) is 6.92 Å². The van der Waals surface area contributed by atoms with Gasteiger partial charge in [-0.15, -0.1) is 0 Å². The third kappa shape index (κ3) is 3.86. The molecule has 15 heavy (non-hydrogen) atoms. The fraction of sp³-hybridized carbons (Fsp3) is 0.300. The number of carboxylic acids is 1. The lowest BCUT2D eigenvalue weighted by atomic mass is 10.3. The van der Waals surface area contributed by atoms with Gasteiger partial charge in [-0.3, -0.25) is 9.97 Å². The van der Waals surface area contributed by atoms with Crippen LogP contribution in [0.15, 0.2) is 24.5 Å². The molecule has 0 unspecified atom stereocenters. The largest absolute Gasteiger partial charge is 0.478 e. The molecule has 0 fully saturated rings. The van der Waals surface area contributed by atoms with Crippen LogP contribution in [0.25, 0.3) is 0 Å². The molecule has 0 aromatic carbocycles. The highest BCUT2D eigenvalue weighted by Crippen LogP contribution is 1.94. The first-order valence-corrected chi connectivity index (χ1v) is 4.49. The van der Waals surface area contributed by atoms with Gasteiger partial charge in [0.1, 0.15) is 0 Å². The summed E-state index contributed by atoms with van der Waals surface area (Å²) in [5.74, 6) is -0.988. The van der Waals surface area contributed by atoms with Crippen LogP contribution in [0, 0.1) is 6.92 Å². The van der Waals surface area contributed by atoms with Crippen molar-refractivity contribution in [3.8, 4) is 0 Å². The van der Waals surface area contributed by atoms with Crippen molar-refractivity contribution in [2.75, 3.05) is 6.54 Å². The summed E-state index contributed by atoms with van der Waals surface area (Å²) in [4.78, 5) is 18.6. The van der Waals surface area contributed by atoms with Crippen LogP contribution in [0.5, 0.6) is 0 Å². The molecule has 0 bridgehead atoms. The lowest BCUT2D eigenvalue weighted by Gasteiger charge is -2.03. The van der Waals surface area contributed by atoms with Gasteiger partial charge < -0.3 is 10.4 Å². The minimum absolute atomic E-state index is 0.134. The molecule has 0 amide bonds. The van der Waals surface area contributed by atoms with E-state index in [1.165, 1.54) is 0 Å². The van der Waals surface area contributed by atoms with E-state index in [4.69, 9.17) is 5.11 Å². The van der Waals surface area contributed by atoms with E-state index in [9.17, 15) is 4.79 Å². The van der Waals surface area contributed by atoms with E-state index < -0.39 is 5.97 Å². The van der Waals surface area contributed by atoms with E-state index in [-0.39, 0.29) is 12.1 Å². The van der Waals surface area contributed by atoms with Gasteiger partial charge in [-0.2, -0.15) is 0 Å². The number of hydrogen-bond acceptors (Lipinski definition) is 4. The first kappa shape index (κ1) is 11.3. The molecule has 80 valence electrons. The van der Waals surface area contributed by atoms with Crippen LogP contribution < -0.4 is 5.32 Å². The number of carbonyl (C=O) groups is 1. The minimum atomic E-state index is -0.988. The zero-order valence-electron chi connectivity index (χ0n) is 8.53. The van der Waals surface area contributed by atoms with Gasteiger partial charge in [0.05, 0.1) is 11.4 Å². The van der Waals surface area contributed by atoms with Crippen LogP contribution >= 0.6 is 0 Å². The molecule has 1 aromatic rings. The van der Waals surface area contributed by atoms with Crippen molar-refractivity contribution in [2.24, 2.45) is 0 Å². The standard InChI is InChI=1S/C10H13N3O2/c1-7(10(14)15)3-11-5-9-6-12-8(2)4-13-9/h4,6,11H,1,3,5H2,2H3,(H,14,15). The van der Waals surface area contributed by atoms with Crippen molar-refractivity contribution in [2.45, 2.75) is 13.5 Å². The Bertz CT molecular complexity index is 359. The molecule has 0 spiro atoms. The zero-order chi connectivity index (χ0) is 11.3. The van der Waals surface area contributed by atoms with Crippen LogP contribution in [-0.2, 0) is 11.3 Å². The number of aromatic nitrogens is 2. The summed E-state index contributed by atoms with van der Waals surface area (Å²) in [5.41, 5.74) is 1.77. The van der Waals surface area contributed by atoms with Gasteiger partial charge in [0.2, 0.25) is 0 Å². The molecule has 0 aliphatic carbocycles. The number of hydrogen-bond donors (Lipinski definition) is 2. The molecular weight excluding hydrogens is 194 g/mol. The third-order valence-corrected chi connectivity index (χ3v) is 1.78. The van der Waals surface area contributed by atoms with Crippen LogP contribution in [0.1, 0.15) is 11.4 Å². The van der Waals surface area contributed by atoms with Gasteiger partial charge in [-0.1, -0.05) is 6.58 Å². The van der Waals surface area contributed by atoms with E-state index in [0.29, 0.717) is 6.54 Å². The second-order valence-electron chi connectivity index (χ2n) is 3.16. The number of aryl methyl sites for hydroxylation is 1. The van der Waals surface area contributed by atoms with Crippen LogP contribution in [-0.4, -0.2) is 27.6 Å². The Kier molecular flexibility index (Phi) is 3.93. The molecule has 5 heteroatoms. The van der Waals surface area contributed by atoms with Crippen LogP contribution in [0.4, 0.5) is 0 Å². The third-order valence-electron chi connectivity index (χ3n) is 1.78. The number of aliphatic carboxylic acids is 1. The van der Waals surface area contributed by atoms with Gasteiger partial charge in [-0.05, 0) is 6.92 Å². The molecule has 5 nitrogen and oxygen atoms in total. The summed E-state index contributed by atoms with van der Waals surface area (Å²) >= 11 is 0. The second kappa shape index (κ2) is 5.21. The molecule has 0 aliphatic rings. The van der Waals surface area contributed by atoms with Crippen molar-refractivity contribution >= 4 is 5.97 Å². The van der Waals surface area contributed by atoms with Crippen molar-refractivity contribution in [1.82, 2.24) is 15.3 Å². The number of nitrogens with zero attached hydrogens (tertiary/aromatic N) is 2. The Morgan fingerprint density at radius 3 is 2.80 bits per heavy atom. The van der Waals surface area contributed by atoms with E-state index >= 15 is 0 Å². The Labute approximate surface area is 87.9 Å². The maximum absolute atomic E-state index is 10.4. The number of nitrogens with one attached hydrogen (secondary N) is 1. The van der Waals surface area contributed by atoms with E-state index in [2.05, 4.69) is 21.9 Å². The summed E-state index contributed by atoms with van der Waals surface area (Å²) in [6.07, 6.45) is 3.33. The fourth-order valence-corrected chi connectivity index (χ4v) is 0.928. The second-order valence-corrected chi connectivity index (χ2v) is 3.16. The van der Waals surface area contributed by atoms with Crippen LogP contribution in [0.2, 0.25) is 0 Å². The summed E-state index contributed by atoms with van der Waals surface area (Å²) in [7, 11) is 0. The van der Waals surface area contributed by atoms with Crippen molar-refractivity contribution in [3.63, 3.8) is 0 Å². The predicted molar refractivity (Wildman–Crippen MR) is 55.3 cm³/mol. The molecule has 0 saturated carbocycles. The maximum atomic E-state index is 10.4. The highest BCUT2D eigenvalue weighted by molar-refractivity contribution is 5.86. The molecular formula is C10H13N3O2. The van der Waals surface area contributed by atoms with E-state index in [0.717, 1.165) is 11.4 Å². The molecule has 1 aromatic heterocycles. The summed E-state index contributed by atoms with van der Waals surface area (Å²) < 4.78 is 0. The summed E-state index contributed by atoms with van der Waals surface area (Å²) in [6.45, 7) is 5.99. The average molecular weight is 207 g/mol. The van der Waals surface area contributed by atoms with Crippen LogP contribution in [0.3, 0.4) is 0 Å². The molecule has 2 N–H and O–H groups in total. The highest BCUT2D eigenvalue weighted by atomic mass is 16.4. The minimum Gasteiger partial charge on any atom is -0.478 e. The first-order chi connectivity index (χ1) is 7.09. The Morgan fingerprint density at radius 2 is 2.27 bits per heavy atom. The number of carboxylic acid groups (broad SMARTS) is 1. The summed E-state index contributed by atoms with van der Waals surface area (Å²) in [6, 6.07) is 0. The molecule has 1 rings (SSSR count). The Morgan fingerprint density at radius 1 is 1.53 bits per heavy atom. The van der Waals surface area contributed by atoms with Gasteiger partial charge in [0, 0.05) is 31.1 Å². The quantitative estimate of drug-likeness (QED) is 0.688. The van der Waals surface area contributed by atoms with Crippen molar-refractivity contribution in [1.29, 1.82) is 0 Å². The van der Waals surface area contributed by atoms with Gasteiger partial charge >= 0.3 is 5.97 Å². The maximum Gasteiger partial charge on any atom is 0.332 e. The molecule has 0 aliphatic heterocycles. The van der Waals surface area contributed by atoms with Gasteiger partial charge in [0.15, 0.2) is 0 Å². The highest BCUT2D eigenvalue weighted by Gasteiger charge is 2.02. The van der Waals surface area contributed by atoms with Gasteiger partial charge in [0.25, 0.3) is 0 Å². The fourth-order valence-electron chi connectivity index (χ4n) is 0.928. The average Bonchev–Trinajstić information content (AvgIpc) is 2.20. The predicted octanol–water partition coefficient (Wildman–Crippen LogP) is 0.515. The number of rotatable bonds is 5. The topological polar surface area (TPSA) is 75.1 Å². The lowest BCUT2D eigenvalue weighted by molar-refractivity contribution is -0.132. The first-order valence-electron chi connectivity index (χ1n) is 4.49. The lowest BCUT2D eigenvalue weighted by Crippen LogP contribution is -2.20. The smallest absolute Gasteiger partial charge is 0.332 e. The zero-order valence-corrected chi connectivity index (χ0v) is 8.53. The van der Waals surface area contributed by atoms with Crippen molar-refractivity contribution in [3.05, 3.63) is 35.9 Å². The normalized spacial score (nSPS) is 9.93. The monoisotopic (exact) mass is 207 g/mol. The molecule has 0 saturated heterocycles. The van der Waals surface area contributed by atoms with Crippen molar-refractivity contribution < 1.29 is 9.90 Å². The SMILES string of the molecule is C=C(CNCc1cnc(C)cn1)C(=O)O. The summed E-state index contributed by atoms with van der Waals surface area (Å²) in [5, 5.41) is 11.5.